The summed E-state index contributed by atoms with van der Waals surface area (Å²) in [7, 11) is 0. The lowest BCUT2D eigenvalue weighted by atomic mass is 9.96. The topological polar surface area (TPSA) is 49.4 Å². The minimum Gasteiger partial charge on any atom is -0.343 e. The van der Waals surface area contributed by atoms with E-state index in [2.05, 4.69) is 11.9 Å². The Labute approximate surface area is 107 Å². The Balaban J connectivity index is 2.99. The standard InChI is InChI=1S/C12H19ClN2O2/c1-5-9-12(17)15(6-8(4)13)10(7(2)3)11(16)14-9/h7,9-10H,4-6H2,1-3H3,(H,14,16). The highest BCUT2D eigenvalue weighted by Gasteiger charge is 2.41. The Bertz CT molecular complexity index is 341. The summed E-state index contributed by atoms with van der Waals surface area (Å²) in [6.45, 7) is 9.51. The van der Waals surface area contributed by atoms with Crippen molar-refractivity contribution in [2.24, 2.45) is 5.92 Å². The summed E-state index contributed by atoms with van der Waals surface area (Å²) in [5.41, 5.74) is 0. The maximum atomic E-state index is 12.2. The van der Waals surface area contributed by atoms with Gasteiger partial charge in [0.05, 0.1) is 6.54 Å². The molecule has 1 aliphatic heterocycles. The van der Waals surface area contributed by atoms with E-state index in [9.17, 15) is 9.59 Å². The molecule has 1 saturated heterocycles. The third kappa shape index (κ3) is 3.00. The molecule has 1 rings (SSSR count). The van der Waals surface area contributed by atoms with Crippen LogP contribution in [-0.2, 0) is 9.59 Å². The minimum atomic E-state index is -0.458. The Kier molecular flexibility index (Phi) is 4.57. The van der Waals surface area contributed by atoms with Crippen LogP contribution in [0.2, 0.25) is 0 Å². The molecular formula is C12H19ClN2O2. The summed E-state index contributed by atoms with van der Waals surface area (Å²) < 4.78 is 0. The van der Waals surface area contributed by atoms with Crippen LogP contribution in [0.4, 0.5) is 0 Å². The molecule has 0 saturated carbocycles. The van der Waals surface area contributed by atoms with Gasteiger partial charge in [-0.25, -0.2) is 0 Å². The van der Waals surface area contributed by atoms with Crippen molar-refractivity contribution >= 4 is 23.4 Å². The predicted octanol–water partition coefficient (Wildman–Crippen LogP) is 1.50. The van der Waals surface area contributed by atoms with E-state index < -0.39 is 12.1 Å². The summed E-state index contributed by atoms with van der Waals surface area (Å²) in [6.07, 6.45) is 0.584. The molecule has 2 amide bonds. The second-order valence-electron chi connectivity index (χ2n) is 4.64. The molecule has 1 aliphatic rings. The van der Waals surface area contributed by atoms with Crippen molar-refractivity contribution < 1.29 is 9.59 Å². The van der Waals surface area contributed by atoms with E-state index in [1.54, 1.807) is 0 Å². The lowest BCUT2D eigenvalue weighted by Crippen LogP contribution is -2.64. The lowest BCUT2D eigenvalue weighted by Gasteiger charge is -2.40. The van der Waals surface area contributed by atoms with Gasteiger partial charge in [0, 0.05) is 5.03 Å². The molecule has 0 radical (unpaired) electrons. The summed E-state index contributed by atoms with van der Waals surface area (Å²) in [5.74, 6) is -0.135. The molecule has 0 bridgehead atoms. The number of nitrogens with one attached hydrogen (secondary N) is 1. The number of carbonyl (C=O) groups is 2. The fraction of sp³-hybridized carbons (Fsp3) is 0.667. The highest BCUT2D eigenvalue weighted by Crippen LogP contribution is 2.20. The predicted molar refractivity (Wildman–Crippen MR) is 67.6 cm³/mol. The van der Waals surface area contributed by atoms with Crippen molar-refractivity contribution in [2.45, 2.75) is 39.3 Å². The molecule has 1 heterocycles. The Morgan fingerprint density at radius 2 is 2.12 bits per heavy atom. The number of halogens is 1. The number of hydrogen-bond donors (Lipinski definition) is 1. The quantitative estimate of drug-likeness (QED) is 0.831. The summed E-state index contributed by atoms with van der Waals surface area (Å²) in [6, 6.07) is -0.894. The molecule has 0 spiro atoms. The zero-order valence-corrected chi connectivity index (χ0v) is 11.3. The van der Waals surface area contributed by atoms with Crippen LogP contribution in [0, 0.1) is 5.92 Å². The summed E-state index contributed by atoms with van der Waals surface area (Å²) in [5, 5.41) is 3.12. The van der Waals surface area contributed by atoms with Crippen LogP contribution in [0.5, 0.6) is 0 Å². The first-order chi connectivity index (χ1) is 7.88. The van der Waals surface area contributed by atoms with E-state index in [1.807, 2.05) is 20.8 Å². The highest BCUT2D eigenvalue weighted by atomic mass is 35.5. The first kappa shape index (κ1) is 14.0. The van der Waals surface area contributed by atoms with E-state index in [0.29, 0.717) is 11.5 Å². The molecule has 0 aliphatic carbocycles. The van der Waals surface area contributed by atoms with Gasteiger partial charge in [0.15, 0.2) is 0 Å². The second kappa shape index (κ2) is 5.54. The van der Waals surface area contributed by atoms with Crippen LogP contribution < -0.4 is 5.32 Å². The van der Waals surface area contributed by atoms with E-state index in [1.165, 1.54) is 4.90 Å². The molecule has 2 unspecified atom stereocenters. The fourth-order valence-electron chi connectivity index (χ4n) is 2.10. The SMILES string of the molecule is C=C(Cl)CN1C(=O)C(CC)NC(=O)C1C(C)C. The van der Waals surface area contributed by atoms with Crippen molar-refractivity contribution in [3.05, 3.63) is 11.6 Å². The summed E-state index contributed by atoms with van der Waals surface area (Å²) in [4.78, 5) is 25.7. The summed E-state index contributed by atoms with van der Waals surface area (Å²) >= 11 is 5.76. The normalized spacial score (nSPS) is 25.1. The van der Waals surface area contributed by atoms with Gasteiger partial charge in [-0.2, -0.15) is 0 Å². The largest absolute Gasteiger partial charge is 0.343 e. The van der Waals surface area contributed by atoms with Gasteiger partial charge in [-0.1, -0.05) is 39.0 Å². The second-order valence-corrected chi connectivity index (χ2v) is 5.18. The van der Waals surface area contributed by atoms with Gasteiger partial charge in [-0.3, -0.25) is 9.59 Å². The van der Waals surface area contributed by atoms with Gasteiger partial charge < -0.3 is 10.2 Å². The van der Waals surface area contributed by atoms with Gasteiger partial charge in [0.2, 0.25) is 11.8 Å². The number of hydrogen-bond acceptors (Lipinski definition) is 2. The molecule has 1 fully saturated rings. The maximum absolute atomic E-state index is 12.2. The molecule has 96 valence electrons. The van der Waals surface area contributed by atoms with Gasteiger partial charge in [0.25, 0.3) is 0 Å². The van der Waals surface area contributed by atoms with E-state index in [4.69, 9.17) is 11.6 Å². The molecule has 5 heteroatoms. The van der Waals surface area contributed by atoms with Crippen molar-refractivity contribution in [2.75, 3.05) is 6.54 Å². The number of carbonyl (C=O) groups excluding carboxylic acids is 2. The fourth-order valence-corrected chi connectivity index (χ4v) is 2.23. The van der Waals surface area contributed by atoms with Crippen molar-refractivity contribution in [3.63, 3.8) is 0 Å². The molecule has 17 heavy (non-hydrogen) atoms. The Hall–Kier alpha value is -1.03. The van der Waals surface area contributed by atoms with E-state index in [-0.39, 0.29) is 24.3 Å². The molecule has 2 atom stereocenters. The van der Waals surface area contributed by atoms with E-state index in [0.717, 1.165) is 0 Å². The van der Waals surface area contributed by atoms with Crippen LogP contribution in [0.25, 0.3) is 0 Å². The van der Waals surface area contributed by atoms with Crippen molar-refractivity contribution in [3.8, 4) is 0 Å². The molecule has 1 N–H and O–H groups in total. The zero-order valence-electron chi connectivity index (χ0n) is 10.5. The molecule has 0 aromatic rings. The van der Waals surface area contributed by atoms with Crippen molar-refractivity contribution in [1.82, 2.24) is 10.2 Å². The third-order valence-electron chi connectivity index (χ3n) is 2.88. The molecule has 4 nitrogen and oxygen atoms in total. The van der Waals surface area contributed by atoms with Gasteiger partial charge in [0.1, 0.15) is 12.1 Å². The van der Waals surface area contributed by atoms with E-state index >= 15 is 0 Å². The van der Waals surface area contributed by atoms with Gasteiger partial charge in [-0.15, -0.1) is 0 Å². The highest BCUT2D eigenvalue weighted by molar-refractivity contribution is 6.29. The number of piperazine rings is 1. The van der Waals surface area contributed by atoms with Crippen molar-refractivity contribution in [1.29, 1.82) is 0 Å². The first-order valence-electron chi connectivity index (χ1n) is 5.82. The van der Waals surface area contributed by atoms with Crippen LogP contribution in [-0.4, -0.2) is 35.3 Å². The van der Waals surface area contributed by atoms with Gasteiger partial charge >= 0.3 is 0 Å². The number of rotatable bonds is 4. The monoisotopic (exact) mass is 258 g/mol. The number of nitrogens with zero attached hydrogens (tertiary/aromatic N) is 1. The first-order valence-corrected chi connectivity index (χ1v) is 6.20. The zero-order chi connectivity index (χ0) is 13.2. The van der Waals surface area contributed by atoms with Crippen LogP contribution >= 0.6 is 11.6 Å². The van der Waals surface area contributed by atoms with Crippen LogP contribution in [0.1, 0.15) is 27.2 Å². The smallest absolute Gasteiger partial charge is 0.246 e. The number of amides is 2. The average Bonchev–Trinajstić information content (AvgIpc) is 2.21. The lowest BCUT2D eigenvalue weighted by molar-refractivity contribution is -0.150. The van der Waals surface area contributed by atoms with Crippen LogP contribution in [0.15, 0.2) is 11.6 Å². The Morgan fingerprint density at radius 1 is 1.53 bits per heavy atom. The Morgan fingerprint density at radius 3 is 2.53 bits per heavy atom. The maximum Gasteiger partial charge on any atom is 0.246 e. The van der Waals surface area contributed by atoms with Gasteiger partial charge in [-0.05, 0) is 12.3 Å². The molecular weight excluding hydrogens is 240 g/mol. The third-order valence-corrected chi connectivity index (χ3v) is 3.00. The minimum absolute atomic E-state index is 0.0489. The molecule has 0 aromatic carbocycles. The molecule has 0 aromatic heterocycles. The van der Waals surface area contributed by atoms with Crippen LogP contribution in [0.3, 0.4) is 0 Å². The average molecular weight is 259 g/mol.